The average molecular weight is 396 g/mol. The molecule has 0 spiro atoms. The molecule has 3 aromatic rings. The van der Waals surface area contributed by atoms with E-state index in [2.05, 4.69) is 5.32 Å². The number of carbonyl (C=O) groups is 1. The van der Waals surface area contributed by atoms with Gasteiger partial charge in [-0.3, -0.25) is 4.79 Å². The maximum absolute atomic E-state index is 12.5. The summed E-state index contributed by atoms with van der Waals surface area (Å²) < 4.78 is 11.2. The second kappa shape index (κ2) is 9.29. The van der Waals surface area contributed by atoms with Crippen LogP contribution in [0.4, 0.5) is 0 Å². The highest BCUT2D eigenvalue weighted by atomic mass is 35.5. The normalized spacial score (nSPS) is 10.4. The fourth-order valence-corrected chi connectivity index (χ4v) is 2.84. The third-order valence-electron chi connectivity index (χ3n) is 4.32. The number of hydrogen-bond donors (Lipinski definition) is 1. The Morgan fingerprint density at radius 3 is 2.39 bits per heavy atom. The fraction of sp³-hybridized carbons (Fsp3) is 0.174. The molecular formula is C23H22ClNO3. The van der Waals surface area contributed by atoms with E-state index in [1.807, 2.05) is 31.2 Å². The lowest BCUT2D eigenvalue weighted by molar-refractivity contribution is 0.0950. The zero-order chi connectivity index (χ0) is 19.9. The van der Waals surface area contributed by atoms with Crippen LogP contribution >= 0.6 is 11.6 Å². The summed E-state index contributed by atoms with van der Waals surface area (Å²) >= 11 is 5.89. The third-order valence-corrected chi connectivity index (χ3v) is 4.58. The zero-order valence-corrected chi connectivity index (χ0v) is 16.6. The molecule has 0 fully saturated rings. The molecule has 1 N–H and O–H groups in total. The van der Waals surface area contributed by atoms with Crippen LogP contribution in [0.25, 0.3) is 0 Å². The van der Waals surface area contributed by atoms with Gasteiger partial charge in [0.2, 0.25) is 0 Å². The summed E-state index contributed by atoms with van der Waals surface area (Å²) in [7, 11) is 1.60. The van der Waals surface area contributed by atoms with E-state index in [9.17, 15) is 4.79 Å². The Bertz CT molecular complexity index is 937. The first-order valence-corrected chi connectivity index (χ1v) is 9.32. The molecule has 0 aliphatic heterocycles. The maximum atomic E-state index is 12.5. The molecule has 0 saturated heterocycles. The van der Waals surface area contributed by atoms with Gasteiger partial charge in [-0.15, -0.1) is 0 Å². The number of methoxy groups -OCH3 is 1. The van der Waals surface area contributed by atoms with E-state index < -0.39 is 0 Å². The molecule has 3 rings (SSSR count). The summed E-state index contributed by atoms with van der Waals surface area (Å²) in [6, 6.07) is 20.5. The lowest BCUT2D eigenvalue weighted by Crippen LogP contribution is -2.23. The van der Waals surface area contributed by atoms with E-state index in [0.717, 1.165) is 11.1 Å². The molecule has 0 aliphatic carbocycles. The van der Waals surface area contributed by atoms with E-state index in [-0.39, 0.29) is 12.5 Å². The zero-order valence-electron chi connectivity index (χ0n) is 15.9. The van der Waals surface area contributed by atoms with Gasteiger partial charge in [-0.2, -0.15) is 0 Å². The third kappa shape index (κ3) is 5.27. The SMILES string of the molecule is COc1ccc(C(=O)NCc2ccc(C)cc2)cc1COc1ccc(Cl)cc1. The van der Waals surface area contributed by atoms with Crippen molar-refractivity contribution >= 4 is 17.5 Å². The summed E-state index contributed by atoms with van der Waals surface area (Å²) in [5.74, 6) is 1.22. The molecule has 0 atom stereocenters. The smallest absolute Gasteiger partial charge is 0.251 e. The van der Waals surface area contributed by atoms with Gasteiger partial charge in [-0.25, -0.2) is 0 Å². The molecule has 0 unspecified atom stereocenters. The minimum atomic E-state index is -0.143. The van der Waals surface area contributed by atoms with Gasteiger partial charge in [-0.1, -0.05) is 41.4 Å². The molecule has 0 aliphatic rings. The van der Waals surface area contributed by atoms with E-state index >= 15 is 0 Å². The minimum absolute atomic E-state index is 0.143. The number of benzene rings is 3. The highest BCUT2D eigenvalue weighted by molar-refractivity contribution is 6.30. The molecule has 0 aromatic heterocycles. The topological polar surface area (TPSA) is 47.6 Å². The summed E-state index contributed by atoms with van der Waals surface area (Å²) in [5, 5.41) is 3.59. The average Bonchev–Trinajstić information content (AvgIpc) is 2.72. The molecule has 4 nitrogen and oxygen atoms in total. The Labute approximate surface area is 170 Å². The molecule has 1 amide bonds. The summed E-state index contributed by atoms with van der Waals surface area (Å²) in [6.07, 6.45) is 0. The fourth-order valence-electron chi connectivity index (χ4n) is 2.71. The Hall–Kier alpha value is -2.98. The number of halogens is 1. The van der Waals surface area contributed by atoms with Gasteiger partial charge in [0.05, 0.1) is 7.11 Å². The molecule has 0 bridgehead atoms. The van der Waals surface area contributed by atoms with Crippen molar-refractivity contribution in [2.24, 2.45) is 0 Å². The van der Waals surface area contributed by atoms with E-state index in [4.69, 9.17) is 21.1 Å². The molecule has 144 valence electrons. The predicted molar refractivity (Wildman–Crippen MR) is 111 cm³/mol. The van der Waals surface area contributed by atoms with Crippen molar-refractivity contribution in [3.63, 3.8) is 0 Å². The van der Waals surface area contributed by atoms with Crippen LogP contribution in [-0.2, 0) is 13.2 Å². The van der Waals surface area contributed by atoms with Crippen LogP contribution in [0, 0.1) is 6.92 Å². The lowest BCUT2D eigenvalue weighted by Gasteiger charge is -2.12. The number of carbonyl (C=O) groups excluding carboxylic acids is 1. The molecule has 0 saturated carbocycles. The van der Waals surface area contributed by atoms with Crippen molar-refractivity contribution in [1.82, 2.24) is 5.32 Å². The van der Waals surface area contributed by atoms with Crippen LogP contribution < -0.4 is 14.8 Å². The van der Waals surface area contributed by atoms with Gasteiger partial charge in [0.1, 0.15) is 18.1 Å². The van der Waals surface area contributed by atoms with Gasteiger partial charge < -0.3 is 14.8 Å². The van der Waals surface area contributed by atoms with Crippen molar-refractivity contribution < 1.29 is 14.3 Å². The monoisotopic (exact) mass is 395 g/mol. The molecule has 0 radical (unpaired) electrons. The Balaban J connectivity index is 1.67. The first kappa shape index (κ1) is 19.8. The molecule has 28 heavy (non-hydrogen) atoms. The number of amides is 1. The van der Waals surface area contributed by atoms with Crippen LogP contribution in [0.2, 0.25) is 5.02 Å². The van der Waals surface area contributed by atoms with Crippen LogP contribution in [0.1, 0.15) is 27.0 Å². The van der Waals surface area contributed by atoms with E-state index in [0.29, 0.717) is 28.6 Å². The quantitative estimate of drug-likeness (QED) is 0.600. The standard InChI is InChI=1S/C23H22ClNO3/c1-16-3-5-17(6-4-16)14-25-23(26)18-7-12-22(27-2)19(13-18)15-28-21-10-8-20(24)9-11-21/h3-13H,14-15H2,1-2H3,(H,25,26). The van der Waals surface area contributed by atoms with Crippen molar-refractivity contribution in [2.75, 3.05) is 7.11 Å². The summed E-state index contributed by atoms with van der Waals surface area (Å²) in [6.45, 7) is 2.79. The first-order chi connectivity index (χ1) is 13.5. The maximum Gasteiger partial charge on any atom is 0.251 e. The van der Waals surface area contributed by atoms with Crippen molar-refractivity contribution in [2.45, 2.75) is 20.1 Å². The van der Waals surface area contributed by atoms with Crippen LogP contribution in [-0.4, -0.2) is 13.0 Å². The minimum Gasteiger partial charge on any atom is -0.496 e. The number of ether oxygens (including phenoxy) is 2. The molecule has 5 heteroatoms. The Morgan fingerprint density at radius 1 is 1.00 bits per heavy atom. The largest absolute Gasteiger partial charge is 0.496 e. The second-order valence-electron chi connectivity index (χ2n) is 6.44. The van der Waals surface area contributed by atoms with Crippen molar-refractivity contribution in [3.8, 4) is 11.5 Å². The van der Waals surface area contributed by atoms with E-state index in [1.54, 1.807) is 49.6 Å². The van der Waals surface area contributed by atoms with Gasteiger partial charge in [0.15, 0.2) is 0 Å². The van der Waals surface area contributed by atoms with Gasteiger partial charge in [0.25, 0.3) is 5.91 Å². The van der Waals surface area contributed by atoms with Gasteiger partial charge in [0, 0.05) is 22.7 Å². The second-order valence-corrected chi connectivity index (χ2v) is 6.87. The van der Waals surface area contributed by atoms with Gasteiger partial charge in [-0.05, 0) is 55.0 Å². The summed E-state index contributed by atoms with van der Waals surface area (Å²) in [4.78, 5) is 12.5. The first-order valence-electron chi connectivity index (χ1n) is 8.94. The van der Waals surface area contributed by atoms with Crippen molar-refractivity contribution in [3.05, 3.63) is 94.0 Å². The highest BCUT2D eigenvalue weighted by Crippen LogP contribution is 2.23. The number of nitrogens with one attached hydrogen (secondary N) is 1. The molecule has 0 heterocycles. The molecule has 3 aromatic carbocycles. The lowest BCUT2D eigenvalue weighted by atomic mass is 10.1. The van der Waals surface area contributed by atoms with Crippen molar-refractivity contribution in [1.29, 1.82) is 0 Å². The predicted octanol–water partition coefficient (Wildman–Crippen LogP) is 5.17. The van der Waals surface area contributed by atoms with E-state index in [1.165, 1.54) is 5.56 Å². The van der Waals surface area contributed by atoms with Crippen LogP contribution in [0.5, 0.6) is 11.5 Å². The highest BCUT2D eigenvalue weighted by Gasteiger charge is 2.11. The van der Waals surface area contributed by atoms with Crippen LogP contribution in [0.3, 0.4) is 0 Å². The number of aryl methyl sites for hydroxylation is 1. The van der Waals surface area contributed by atoms with Crippen LogP contribution in [0.15, 0.2) is 66.7 Å². The number of rotatable bonds is 7. The summed E-state index contributed by atoms with van der Waals surface area (Å²) in [5.41, 5.74) is 3.59. The van der Waals surface area contributed by atoms with Gasteiger partial charge >= 0.3 is 0 Å². The Kier molecular flexibility index (Phi) is 6.56. The number of hydrogen-bond acceptors (Lipinski definition) is 3. The Morgan fingerprint density at radius 2 is 1.71 bits per heavy atom. The molecular weight excluding hydrogens is 374 g/mol.